The van der Waals surface area contributed by atoms with Gasteiger partial charge in [0.05, 0.1) is 11.1 Å². The molecule has 0 amide bonds. The molecule has 3 aromatic rings. The van der Waals surface area contributed by atoms with Crippen LogP contribution in [0.2, 0.25) is 0 Å². The largest absolute Gasteiger partial charge is 0.743 e. The van der Waals surface area contributed by atoms with E-state index < -0.39 is 60.9 Å². The van der Waals surface area contributed by atoms with Gasteiger partial charge in [0.25, 0.3) is 0 Å². The summed E-state index contributed by atoms with van der Waals surface area (Å²) < 4.78 is 130. The molecule has 2 unspecified atom stereocenters. The number of hydrogen-bond donors (Lipinski definition) is 0. The zero-order valence-corrected chi connectivity index (χ0v) is 26.8. The summed E-state index contributed by atoms with van der Waals surface area (Å²) in [5.74, 6) is -2.75. The van der Waals surface area contributed by atoms with Gasteiger partial charge in [0.1, 0.15) is 5.75 Å². The highest BCUT2D eigenvalue weighted by Crippen LogP contribution is 2.29. The third-order valence-corrected chi connectivity index (χ3v) is 8.17. The fraction of sp³-hybridized carbons (Fsp3) is 0.233. The lowest BCUT2D eigenvalue weighted by molar-refractivity contribution is -0.130. The highest BCUT2D eigenvalue weighted by molar-refractivity contribution is 7.87. The predicted molar refractivity (Wildman–Crippen MR) is 160 cm³/mol. The van der Waals surface area contributed by atoms with Crippen molar-refractivity contribution >= 4 is 55.0 Å². The molecule has 0 saturated heterocycles. The van der Waals surface area contributed by atoms with Crippen LogP contribution in [0, 0.1) is 0 Å². The minimum Gasteiger partial charge on any atom is -0.743 e. The Morgan fingerprint density at radius 3 is 1.60 bits per heavy atom. The summed E-state index contributed by atoms with van der Waals surface area (Å²) >= 11 is 0. The van der Waals surface area contributed by atoms with Crippen molar-refractivity contribution in [2.75, 3.05) is 0 Å². The zero-order chi connectivity index (χ0) is 36.8. The number of carbonyl (C=O) groups is 3. The summed E-state index contributed by atoms with van der Waals surface area (Å²) in [5, 5.41) is -8.38. The van der Waals surface area contributed by atoms with Crippen molar-refractivity contribution in [2.45, 2.75) is 43.5 Å². The van der Waals surface area contributed by atoms with Crippen molar-refractivity contribution in [1.82, 2.24) is 0 Å². The first-order valence-corrected chi connectivity index (χ1v) is 16.0. The summed E-state index contributed by atoms with van der Waals surface area (Å²) in [4.78, 5) is 35.1. The van der Waals surface area contributed by atoms with Gasteiger partial charge in [-0.2, -0.15) is 17.6 Å². The number of rotatable bonds is 11. The van der Waals surface area contributed by atoms with Crippen LogP contribution in [0.4, 0.5) is 17.6 Å². The third kappa shape index (κ3) is 9.69. The summed E-state index contributed by atoms with van der Waals surface area (Å²) in [6, 6.07) is 14.1. The second-order valence-corrected chi connectivity index (χ2v) is 12.8. The molecular formula is C30H26F4O12S2-2. The smallest absolute Gasteiger partial charge is 0.370 e. The van der Waals surface area contributed by atoms with Crippen molar-refractivity contribution in [1.29, 1.82) is 0 Å². The highest BCUT2D eigenvalue weighted by Gasteiger charge is 2.47. The Morgan fingerprint density at radius 1 is 0.750 bits per heavy atom. The Bertz CT molecular complexity index is 1940. The van der Waals surface area contributed by atoms with Crippen LogP contribution in [0.25, 0.3) is 16.8 Å². The molecule has 260 valence electrons. The van der Waals surface area contributed by atoms with Crippen LogP contribution >= 0.6 is 0 Å². The number of halogens is 4. The van der Waals surface area contributed by atoms with Gasteiger partial charge in [0, 0.05) is 5.57 Å². The fourth-order valence-electron chi connectivity index (χ4n) is 3.36. The second-order valence-electron chi connectivity index (χ2n) is 9.85. The Hall–Kier alpha value is -4.65. The molecule has 0 heterocycles. The first kappa shape index (κ1) is 39.5. The van der Waals surface area contributed by atoms with Crippen LogP contribution in [-0.2, 0) is 34.5 Å². The molecule has 12 nitrogen and oxygen atoms in total. The maximum atomic E-state index is 13.4. The van der Waals surface area contributed by atoms with Gasteiger partial charge < -0.3 is 23.3 Å². The van der Waals surface area contributed by atoms with Gasteiger partial charge in [-0.15, -0.1) is 0 Å². The van der Waals surface area contributed by atoms with Crippen molar-refractivity contribution in [2.24, 2.45) is 0 Å². The standard InChI is InChI=1S/C18H16F2O7S.C12H12F2O5S/c1-10(2)16(21)27-15-7-6-12-8-14(5-4-13(12)9-15)17(22)26-11(3)18(19,20)28(23,24)25;1-3-9-4-6-10(7-5-9)11(15)19-8(2)12(13,14)20(16,17)18/h4-9,11H,1H2,2-3H3,(H,23,24,25);3-8H,1H2,2H3,(H,16,17,18)/p-2. The summed E-state index contributed by atoms with van der Waals surface area (Å²) in [6.45, 7) is 9.69. The van der Waals surface area contributed by atoms with E-state index in [1.165, 1.54) is 73.7 Å². The predicted octanol–water partition coefficient (Wildman–Crippen LogP) is 5.02. The third-order valence-electron chi connectivity index (χ3n) is 6.17. The van der Waals surface area contributed by atoms with Crippen LogP contribution in [0.15, 0.2) is 79.4 Å². The molecule has 0 N–H and O–H groups in total. The van der Waals surface area contributed by atoms with Crippen LogP contribution < -0.4 is 4.74 Å². The van der Waals surface area contributed by atoms with Crippen LogP contribution in [0.1, 0.15) is 47.1 Å². The Balaban J connectivity index is 0.000000353. The maximum Gasteiger partial charge on any atom is 0.370 e. The molecule has 3 aromatic carbocycles. The Kier molecular flexibility index (Phi) is 12.4. The number of hydrogen-bond acceptors (Lipinski definition) is 12. The molecule has 0 fully saturated rings. The van der Waals surface area contributed by atoms with Crippen molar-refractivity contribution < 1.29 is 72.1 Å². The number of carbonyl (C=O) groups excluding carboxylic acids is 3. The average molecular weight is 719 g/mol. The fourth-order valence-corrected chi connectivity index (χ4v) is 4.27. The average Bonchev–Trinajstić information content (AvgIpc) is 2.99. The molecule has 0 spiro atoms. The lowest BCUT2D eigenvalue weighted by Gasteiger charge is -2.25. The van der Waals surface area contributed by atoms with Gasteiger partial charge >= 0.3 is 28.4 Å². The minimum absolute atomic E-state index is 0.0541. The molecule has 0 aliphatic carbocycles. The summed E-state index contributed by atoms with van der Waals surface area (Å²) in [6.07, 6.45) is -3.35. The van der Waals surface area contributed by atoms with Gasteiger partial charge in [0.15, 0.2) is 32.4 Å². The maximum absolute atomic E-state index is 13.4. The molecule has 2 atom stereocenters. The first-order valence-electron chi connectivity index (χ1n) is 13.1. The first-order chi connectivity index (χ1) is 21.9. The number of alkyl halides is 4. The van der Waals surface area contributed by atoms with Crippen LogP contribution in [-0.4, -0.2) is 66.6 Å². The van der Waals surface area contributed by atoms with E-state index in [0.717, 1.165) is 0 Å². The van der Waals surface area contributed by atoms with Gasteiger partial charge in [0.2, 0.25) is 0 Å². The molecule has 0 saturated carbocycles. The molecule has 0 aliphatic heterocycles. The topological polar surface area (TPSA) is 193 Å². The van der Waals surface area contributed by atoms with Crippen molar-refractivity contribution in [3.8, 4) is 5.75 Å². The quantitative estimate of drug-likeness (QED) is 0.0847. The molecular weight excluding hydrogens is 692 g/mol. The van der Waals surface area contributed by atoms with E-state index in [2.05, 4.69) is 22.6 Å². The zero-order valence-electron chi connectivity index (χ0n) is 25.1. The van der Waals surface area contributed by atoms with Crippen molar-refractivity contribution in [3.05, 3.63) is 96.1 Å². The van der Waals surface area contributed by atoms with Crippen LogP contribution in [0.3, 0.4) is 0 Å². The van der Waals surface area contributed by atoms with E-state index in [0.29, 0.717) is 30.2 Å². The molecule has 0 bridgehead atoms. The van der Waals surface area contributed by atoms with Gasteiger partial charge in [-0.05, 0) is 73.5 Å². The summed E-state index contributed by atoms with van der Waals surface area (Å²) in [5.41, 5.74) is 0.720. The van der Waals surface area contributed by atoms with Gasteiger partial charge in [-0.1, -0.05) is 43.5 Å². The Morgan fingerprint density at radius 2 is 1.17 bits per heavy atom. The highest BCUT2D eigenvalue weighted by atomic mass is 32.2. The van der Waals surface area contributed by atoms with E-state index >= 15 is 0 Å². The monoisotopic (exact) mass is 718 g/mol. The van der Waals surface area contributed by atoms with E-state index in [1.54, 1.807) is 0 Å². The van der Waals surface area contributed by atoms with E-state index in [4.69, 9.17) is 4.74 Å². The van der Waals surface area contributed by atoms with E-state index in [1.807, 2.05) is 0 Å². The van der Waals surface area contributed by atoms with E-state index in [9.17, 15) is 57.9 Å². The number of ether oxygens (including phenoxy) is 3. The molecule has 48 heavy (non-hydrogen) atoms. The second kappa shape index (κ2) is 15.1. The lowest BCUT2D eigenvalue weighted by atomic mass is 10.1. The normalized spacial score (nSPS) is 13.3. The SMILES string of the molecule is C=C(C)C(=O)Oc1ccc2cc(C(=O)OC(C)C(F)(F)S(=O)(=O)[O-])ccc2c1.C=Cc1ccc(C(=O)OC(C)C(F)(F)S(=O)(=O)[O-])cc1. The Labute approximate surface area is 272 Å². The van der Waals surface area contributed by atoms with Crippen LogP contribution in [0.5, 0.6) is 5.75 Å². The minimum atomic E-state index is -5.99. The number of esters is 3. The van der Waals surface area contributed by atoms with Gasteiger partial charge in [-0.25, -0.2) is 31.2 Å². The molecule has 18 heteroatoms. The molecule has 0 radical (unpaired) electrons. The van der Waals surface area contributed by atoms with E-state index in [-0.39, 0.29) is 22.4 Å². The van der Waals surface area contributed by atoms with Gasteiger partial charge in [-0.3, -0.25) is 0 Å². The molecule has 3 rings (SSSR count). The summed E-state index contributed by atoms with van der Waals surface area (Å²) in [7, 11) is -11.9. The number of fused-ring (bicyclic) bond motifs is 1. The lowest BCUT2D eigenvalue weighted by Crippen LogP contribution is -2.42. The number of benzene rings is 3. The molecule has 0 aliphatic rings. The molecule has 0 aromatic heterocycles. The van der Waals surface area contributed by atoms with Crippen molar-refractivity contribution in [3.63, 3.8) is 0 Å².